The summed E-state index contributed by atoms with van der Waals surface area (Å²) < 4.78 is 42.6. The van der Waals surface area contributed by atoms with Gasteiger partial charge in [-0.15, -0.1) is 0 Å². The standard InChI is InChI=1S/C12H9BrClF3N2O/c1-6(12(15,16)17)20-8-2-3-18-10-7(5-13)4-9(14)19-11(8)10/h2-4,6H,5H2,1H3. The van der Waals surface area contributed by atoms with Gasteiger partial charge in [0.15, 0.2) is 6.10 Å². The number of nitrogens with zero attached hydrogens (tertiary/aromatic N) is 2. The first-order chi connectivity index (χ1) is 9.32. The van der Waals surface area contributed by atoms with Crippen molar-refractivity contribution >= 4 is 38.6 Å². The molecular weight excluding hydrogens is 360 g/mol. The normalized spacial score (nSPS) is 13.5. The lowest BCUT2D eigenvalue weighted by Gasteiger charge is -2.18. The van der Waals surface area contributed by atoms with Crippen LogP contribution >= 0.6 is 27.5 Å². The Bertz CT molecular complexity index is 636. The van der Waals surface area contributed by atoms with Crippen LogP contribution in [0.1, 0.15) is 12.5 Å². The smallest absolute Gasteiger partial charge is 0.425 e. The van der Waals surface area contributed by atoms with Gasteiger partial charge in [-0.05, 0) is 18.6 Å². The Morgan fingerprint density at radius 3 is 2.70 bits per heavy atom. The molecule has 0 N–H and O–H groups in total. The first kappa shape index (κ1) is 15.3. The van der Waals surface area contributed by atoms with Gasteiger partial charge in [-0.3, -0.25) is 4.98 Å². The molecule has 0 aromatic carbocycles. The fourth-order valence-corrected chi connectivity index (χ4v) is 2.23. The van der Waals surface area contributed by atoms with E-state index in [9.17, 15) is 13.2 Å². The predicted octanol–water partition coefficient (Wildman–Crippen LogP) is 4.51. The number of rotatable bonds is 3. The van der Waals surface area contributed by atoms with Gasteiger partial charge in [0.25, 0.3) is 0 Å². The Morgan fingerprint density at radius 2 is 2.10 bits per heavy atom. The van der Waals surface area contributed by atoms with Crippen LogP contribution in [0.4, 0.5) is 13.2 Å². The van der Waals surface area contributed by atoms with Gasteiger partial charge in [0, 0.05) is 17.6 Å². The van der Waals surface area contributed by atoms with E-state index >= 15 is 0 Å². The average molecular weight is 370 g/mol. The van der Waals surface area contributed by atoms with Gasteiger partial charge in [0.05, 0.1) is 5.52 Å². The molecule has 2 rings (SSSR count). The van der Waals surface area contributed by atoms with E-state index < -0.39 is 12.3 Å². The molecule has 1 unspecified atom stereocenters. The van der Waals surface area contributed by atoms with E-state index in [2.05, 4.69) is 25.9 Å². The zero-order valence-electron chi connectivity index (χ0n) is 10.2. The van der Waals surface area contributed by atoms with E-state index in [-0.39, 0.29) is 16.4 Å². The van der Waals surface area contributed by atoms with E-state index in [1.165, 1.54) is 12.3 Å². The summed E-state index contributed by atoms with van der Waals surface area (Å²) in [5.74, 6) is 0.00419. The van der Waals surface area contributed by atoms with Gasteiger partial charge in [0.2, 0.25) is 0 Å². The van der Waals surface area contributed by atoms with Gasteiger partial charge >= 0.3 is 6.18 Å². The van der Waals surface area contributed by atoms with Crippen molar-refractivity contribution < 1.29 is 17.9 Å². The number of hydrogen-bond acceptors (Lipinski definition) is 3. The number of halogens is 5. The highest BCUT2D eigenvalue weighted by Gasteiger charge is 2.38. The highest BCUT2D eigenvalue weighted by atomic mass is 79.9. The minimum atomic E-state index is -4.45. The lowest BCUT2D eigenvalue weighted by Crippen LogP contribution is -2.31. The monoisotopic (exact) mass is 368 g/mol. The Morgan fingerprint density at radius 1 is 1.40 bits per heavy atom. The second kappa shape index (κ2) is 5.73. The third kappa shape index (κ3) is 3.15. The first-order valence-corrected chi connectivity index (χ1v) is 7.06. The molecule has 2 aromatic heterocycles. The molecule has 8 heteroatoms. The van der Waals surface area contributed by atoms with Gasteiger partial charge in [-0.1, -0.05) is 27.5 Å². The number of fused-ring (bicyclic) bond motifs is 1. The van der Waals surface area contributed by atoms with Crippen LogP contribution in [0.25, 0.3) is 11.0 Å². The molecule has 3 nitrogen and oxygen atoms in total. The fraction of sp³-hybridized carbons (Fsp3) is 0.333. The maximum Gasteiger partial charge on any atom is 0.425 e. The topological polar surface area (TPSA) is 35.0 Å². The van der Waals surface area contributed by atoms with Crippen molar-refractivity contribution in [3.05, 3.63) is 29.0 Å². The molecule has 108 valence electrons. The van der Waals surface area contributed by atoms with Crippen LogP contribution in [0.2, 0.25) is 5.15 Å². The number of pyridine rings is 2. The number of aromatic nitrogens is 2. The SMILES string of the molecule is CC(Oc1ccnc2c(CBr)cc(Cl)nc12)C(F)(F)F. The van der Waals surface area contributed by atoms with Crippen LogP contribution in [-0.4, -0.2) is 22.2 Å². The Balaban J connectivity index is 2.52. The molecule has 20 heavy (non-hydrogen) atoms. The predicted molar refractivity (Wildman–Crippen MR) is 73.3 cm³/mol. The minimum absolute atomic E-state index is 0.00419. The van der Waals surface area contributed by atoms with E-state index in [1.807, 2.05) is 0 Å². The Kier molecular flexibility index (Phi) is 4.39. The van der Waals surface area contributed by atoms with E-state index in [1.54, 1.807) is 6.07 Å². The second-order valence-corrected chi connectivity index (χ2v) is 4.99. The second-order valence-electron chi connectivity index (χ2n) is 4.05. The van der Waals surface area contributed by atoms with Crippen molar-refractivity contribution in [2.75, 3.05) is 0 Å². The van der Waals surface area contributed by atoms with Gasteiger partial charge < -0.3 is 4.74 Å². The summed E-state index contributed by atoms with van der Waals surface area (Å²) in [7, 11) is 0. The van der Waals surface area contributed by atoms with Crippen molar-refractivity contribution in [1.29, 1.82) is 0 Å². The third-order valence-electron chi connectivity index (χ3n) is 2.61. The molecule has 0 aliphatic carbocycles. The maximum absolute atomic E-state index is 12.6. The van der Waals surface area contributed by atoms with Crippen LogP contribution in [0, 0.1) is 0 Å². The van der Waals surface area contributed by atoms with Gasteiger partial charge in [-0.25, -0.2) is 4.98 Å². The molecule has 0 aliphatic rings. The summed E-state index contributed by atoms with van der Waals surface area (Å²) >= 11 is 9.14. The molecular formula is C12H9BrClF3N2O. The molecule has 0 saturated heterocycles. The summed E-state index contributed by atoms with van der Waals surface area (Å²) in [5, 5.41) is 0.626. The Labute approximate surface area is 126 Å². The zero-order chi connectivity index (χ0) is 14.9. The summed E-state index contributed by atoms with van der Waals surface area (Å²) in [4.78, 5) is 8.12. The largest absolute Gasteiger partial charge is 0.479 e. The molecule has 0 bridgehead atoms. The molecule has 0 aliphatic heterocycles. The van der Waals surface area contributed by atoms with Crippen LogP contribution < -0.4 is 4.74 Å². The lowest BCUT2D eigenvalue weighted by atomic mass is 10.2. The molecule has 0 fully saturated rings. The highest BCUT2D eigenvalue weighted by molar-refractivity contribution is 9.08. The molecule has 2 aromatic rings. The number of ether oxygens (including phenoxy) is 1. The Hall–Kier alpha value is -1.08. The van der Waals surface area contributed by atoms with Gasteiger partial charge in [0.1, 0.15) is 16.4 Å². The quantitative estimate of drug-likeness (QED) is 0.590. The molecule has 0 spiro atoms. The van der Waals surface area contributed by atoms with Gasteiger partial charge in [-0.2, -0.15) is 13.2 Å². The van der Waals surface area contributed by atoms with Crippen LogP contribution in [0.5, 0.6) is 5.75 Å². The number of hydrogen-bond donors (Lipinski definition) is 0. The molecule has 1 atom stereocenters. The van der Waals surface area contributed by atoms with Crippen molar-refractivity contribution in [3.8, 4) is 5.75 Å². The first-order valence-electron chi connectivity index (χ1n) is 5.56. The molecule has 2 heterocycles. The average Bonchev–Trinajstić information content (AvgIpc) is 2.37. The van der Waals surface area contributed by atoms with Crippen molar-refractivity contribution in [2.45, 2.75) is 24.5 Å². The summed E-state index contributed by atoms with van der Waals surface area (Å²) in [6.07, 6.45) is -5.02. The van der Waals surface area contributed by atoms with Crippen LogP contribution in [-0.2, 0) is 5.33 Å². The van der Waals surface area contributed by atoms with E-state index in [0.717, 1.165) is 12.5 Å². The minimum Gasteiger partial charge on any atom is -0.479 e. The maximum atomic E-state index is 12.6. The molecule has 0 radical (unpaired) electrons. The highest BCUT2D eigenvalue weighted by Crippen LogP contribution is 2.31. The van der Waals surface area contributed by atoms with E-state index in [4.69, 9.17) is 16.3 Å². The van der Waals surface area contributed by atoms with Crippen LogP contribution in [0.3, 0.4) is 0 Å². The summed E-state index contributed by atoms with van der Waals surface area (Å²) in [6, 6.07) is 2.94. The van der Waals surface area contributed by atoms with E-state index in [0.29, 0.717) is 10.8 Å². The number of alkyl halides is 4. The zero-order valence-corrected chi connectivity index (χ0v) is 12.6. The third-order valence-corrected chi connectivity index (χ3v) is 3.41. The lowest BCUT2D eigenvalue weighted by molar-refractivity contribution is -0.189. The molecule has 0 amide bonds. The van der Waals surface area contributed by atoms with Crippen molar-refractivity contribution in [1.82, 2.24) is 9.97 Å². The summed E-state index contributed by atoms with van der Waals surface area (Å²) in [6.45, 7) is 0.933. The summed E-state index contributed by atoms with van der Waals surface area (Å²) in [5.41, 5.74) is 1.40. The van der Waals surface area contributed by atoms with Crippen LogP contribution in [0.15, 0.2) is 18.3 Å². The fourth-order valence-electron chi connectivity index (χ4n) is 1.58. The van der Waals surface area contributed by atoms with Crippen molar-refractivity contribution in [2.24, 2.45) is 0 Å². The van der Waals surface area contributed by atoms with Crippen molar-refractivity contribution in [3.63, 3.8) is 0 Å². The molecule has 0 saturated carbocycles.